The SMILES string of the molecule is COc1ccc(-c2noc(-c3nnn(-c4ccccc4C(F)(F)F)c3C)n2)cc1OC. The van der Waals surface area contributed by atoms with E-state index in [1.54, 1.807) is 25.1 Å². The Morgan fingerprint density at radius 3 is 2.45 bits per heavy atom. The molecule has 0 aliphatic carbocycles. The van der Waals surface area contributed by atoms with Crippen LogP contribution in [0.3, 0.4) is 0 Å². The van der Waals surface area contributed by atoms with Gasteiger partial charge in [0.15, 0.2) is 17.2 Å². The topological polar surface area (TPSA) is 88.1 Å². The number of nitrogens with zero attached hydrogens (tertiary/aromatic N) is 5. The predicted molar refractivity (Wildman–Crippen MR) is 103 cm³/mol. The molecular formula is C20H16F3N5O3. The number of alkyl halides is 3. The minimum atomic E-state index is -4.54. The van der Waals surface area contributed by atoms with Crippen molar-refractivity contribution < 1.29 is 27.2 Å². The molecular weight excluding hydrogens is 415 g/mol. The zero-order valence-corrected chi connectivity index (χ0v) is 16.6. The number of rotatable bonds is 5. The third-order valence-corrected chi connectivity index (χ3v) is 4.60. The fraction of sp³-hybridized carbons (Fsp3) is 0.200. The molecule has 160 valence electrons. The Morgan fingerprint density at radius 2 is 1.74 bits per heavy atom. The number of hydrogen-bond donors (Lipinski definition) is 0. The minimum absolute atomic E-state index is 0.0259. The van der Waals surface area contributed by atoms with E-state index in [0.717, 1.165) is 10.7 Å². The Bertz CT molecular complexity index is 1230. The monoisotopic (exact) mass is 431 g/mol. The second-order valence-corrected chi connectivity index (χ2v) is 6.44. The highest BCUT2D eigenvalue weighted by atomic mass is 19.4. The van der Waals surface area contributed by atoms with Crippen LogP contribution in [0.1, 0.15) is 11.3 Å². The summed E-state index contributed by atoms with van der Waals surface area (Å²) >= 11 is 0. The van der Waals surface area contributed by atoms with Gasteiger partial charge in [0.25, 0.3) is 5.89 Å². The fourth-order valence-electron chi connectivity index (χ4n) is 3.07. The number of para-hydroxylation sites is 1. The van der Waals surface area contributed by atoms with Crippen LogP contribution in [-0.4, -0.2) is 39.4 Å². The lowest BCUT2D eigenvalue weighted by atomic mass is 10.1. The Hall–Kier alpha value is -3.89. The highest BCUT2D eigenvalue weighted by Gasteiger charge is 2.34. The number of benzene rings is 2. The van der Waals surface area contributed by atoms with Crippen molar-refractivity contribution in [1.82, 2.24) is 25.1 Å². The largest absolute Gasteiger partial charge is 0.493 e. The molecule has 0 spiro atoms. The van der Waals surface area contributed by atoms with Crippen LogP contribution in [0.4, 0.5) is 13.2 Å². The van der Waals surface area contributed by atoms with E-state index in [1.807, 2.05) is 0 Å². The summed E-state index contributed by atoms with van der Waals surface area (Å²) in [5.74, 6) is 1.30. The van der Waals surface area contributed by atoms with Gasteiger partial charge in [-0.25, -0.2) is 4.68 Å². The molecule has 0 aliphatic heterocycles. The molecule has 2 aromatic carbocycles. The van der Waals surface area contributed by atoms with Crippen molar-refractivity contribution in [1.29, 1.82) is 0 Å². The molecule has 0 unspecified atom stereocenters. The smallest absolute Gasteiger partial charge is 0.418 e. The average molecular weight is 431 g/mol. The van der Waals surface area contributed by atoms with Crippen LogP contribution < -0.4 is 9.47 Å². The minimum Gasteiger partial charge on any atom is -0.493 e. The first-order valence-electron chi connectivity index (χ1n) is 8.99. The third-order valence-electron chi connectivity index (χ3n) is 4.60. The molecule has 2 heterocycles. The zero-order chi connectivity index (χ0) is 22.2. The quantitative estimate of drug-likeness (QED) is 0.465. The summed E-state index contributed by atoms with van der Waals surface area (Å²) in [6.45, 7) is 1.57. The summed E-state index contributed by atoms with van der Waals surface area (Å²) in [5, 5.41) is 11.8. The van der Waals surface area contributed by atoms with Gasteiger partial charge in [-0.05, 0) is 37.3 Å². The summed E-state index contributed by atoms with van der Waals surface area (Å²) in [7, 11) is 3.02. The number of ether oxygens (including phenoxy) is 2. The Kier molecular flexibility index (Phi) is 5.09. The first kappa shape index (κ1) is 20.4. The molecule has 0 N–H and O–H groups in total. The van der Waals surface area contributed by atoms with Crippen molar-refractivity contribution in [2.75, 3.05) is 14.2 Å². The van der Waals surface area contributed by atoms with Gasteiger partial charge in [0.2, 0.25) is 5.82 Å². The molecule has 4 rings (SSSR count). The third kappa shape index (κ3) is 3.69. The number of hydrogen-bond acceptors (Lipinski definition) is 7. The van der Waals surface area contributed by atoms with Crippen molar-refractivity contribution in [2.45, 2.75) is 13.1 Å². The van der Waals surface area contributed by atoms with Crippen LogP contribution in [0.2, 0.25) is 0 Å². The molecule has 2 aromatic heterocycles. The first-order chi connectivity index (χ1) is 14.8. The van der Waals surface area contributed by atoms with E-state index in [2.05, 4.69) is 20.5 Å². The van der Waals surface area contributed by atoms with Crippen LogP contribution in [0.15, 0.2) is 47.0 Å². The molecule has 0 bridgehead atoms. The summed E-state index contributed by atoms with van der Waals surface area (Å²) in [4.78, 5) is 4.31. The van der Waals surface area contributed by atoms with Crippen molar-refractivity contribution in [2.24, 2.45) is 0 Å². The van der Waals surface area contributed by atoms with Gasteiger partial charge in [-0.15, -0.1) is 5.10 Å². The molecule has 0 aliphatic rings. The van der Waals surface area contributed by atoms with E-state index in [1.165, 1.54) is 32.4 Å². The Balaban J connectivity index is 1.72. The lowest BCUT2D eigenvalue weighted by Gasteiger charge is -2.12. The Labute approximate surface area is 174 Å². The number of aromatic nitrogens is 5. The van der Waals surface area contributed by atoms with E-state index in [0.29, 0.717) is 22.8 Å². The second-order valence-electron chi connectivity index (χ2n) is 6.44. The molecule has 11 heteroatoms. The van der Waals surface area contributed by atoms with Crippen LogP contribution in [0.25, 0.3) is 28.7 Å². The molecule has 31 heavy (non-hydrogen) atoms. The fourth-order valence-corrected chi connectivity index (χ4v) is 3.07. The molecule has 0 saturated heterocycles. The van der Waals surface area contributed by atoms with Crippen LogP contribution in [0, 0.1) is 6.92 Å². The average Bonchev–Trinajstić information content (AvgIpc) is 3.39. The molecule has 0 atom stereocenters. The summed E-state index contributed by atoms with van der Waals surface area (Å²) in [6, 6.07) is 10.2. The van der Waals surface area contributed by atoms with Crippen LogP contribution in [-0.2, 0) is 6.18 Å². The number of halogens is 3. The van der Waals surface area contributed by atoms with E-state index in [4.69, 9.17) is 14.0 Å². The maximum atomic E-state index is 13.4. The molecule has 0 saturated carbocycles. The highest BCUT2D eigenvalue weighted by Crippen LogP contribution is 2.35. The van der Waals surface area contributed by atoms with E-state index < -0.39 is 11.7 Å². The van der Waals surface area contributed by atoms with Gasteiger partial charge in [0.05, 0.1) is 31.2 Å². The zero-order valence-electron chi connectivity index (χ0n) is 16.6. The van der Waals surface area contributed by atoms with Crippen molar-refractivity contribution in [3.8, 4) is 40.2 Å². The van der Waals surface area contributed by atoms with Gasteiger partial charge in [-0.3, -0.25) is 0 Å². The van der Waals surface area contributed by atoms with Gasteiger partial charge >= 0.3 is 6.18 Å². The van der Waals surface area contributed by atoms with Gasteiger partial charge in [-0.1, -0.05) is 22.5 Å². The lowest BCUT2D eigenvalue weighted by molar-refractivity contribution is -0.137. The van der Waals surface area contributed by atoms with Crippen molar-refractivity contribution in [3.05, 3.63) is 53.7 Å². The van der Waals surface area contributed by atoms with Crippen LogP contribution >= 0.6 is 0 Å². The molecule has 0 fully saturated rings. The number of methoxy groups -OCH3 is 2. The van der Waals surface area contributed by atoms with Gasteiger partial charge in [0.1, 0.15) is 0 Å². The second kappa shape index (κ2) is 7.74. The first-order valence-corrected chi connectivity index (χ1v) is 8.99. The summed E-state index contributed by atoms with van der Waals surface area (Å²) in [6.07, 6.45) is -4.54. The molecule has 4 aromatic rings. The van der Waals surface area contributed by atoms with Crippen LogP contribution in [0.5, 0.6) is 11.5 Å². The molecule has 8 nitrogen and oxygen atoms in total. The predicted octanol–water partition coefficient (Wildman–Crippen LogP) is 4.33. The normalized spacial score (nSPS) is 11.5. The van der Waals surface area contributed by atoms with E-state index in [-0.39, 0.29) is 23.1 Å². The maximum Gasteiger partial charge on any atom is 0.418 e. The lowest BCUT2D eigenvalue weighted by Crippen LogP contribution is -2.12. The summed E-state index contributed by atoms with van der Waals surface area (Å²) < 4.78 is 57.0. The van der Waals surface area contributed by atoms with Crippen molar-refractivity contribution >= 4 is 0 Å². The highest BCUT2D eigenvalue weighted by molar-refractivity contribution is 5.63. The van der Waals surface area contributed by atoms with Gasteiger partial charge in [-0.2, -0.15) is 18.2 Å². The Morgan fingerprint density at radius 1 is 1.00 bits per heavy atom. The van der Waals surface area contributed by atoms with Gasteiger partial charge in [0, 0.05) is 5.56 Å². The van der Waals surface area contributed by atoms with E-state index in [9.17, 15) is 13.2 Å². The maximum absolute atomic E-state index is 13.4. The van der Waals surface area contributed by atoms with Gasteiger partial charge < -0.3 is 14.0 Å². The molecule has 0 radical (unpaired) electrons. The standard InChI is InChI=1S/C20H16F3N5O3/c1-11-17(25-27-28(11)14-7-5-4-6-13(14)20(21,22)23)19-24-18(26-31-19)12-8-9-15(29-2)16(10-12)30-3/h4-10H,1-3H3. The molecule has 0 amide bonds. The summed E-state index contributed by atoms with van der Waals surface area (Å²) in [5.41, 5.74) is 0.118. The van der Waals surface area contributed by atoms with Crippen molar-refractivity contribution in [3.63, 3.8) is 0 Å². The van der Waals surface area contributed by atoms with E-state index >= 15 is 0 Å².